The van der Waals surface area contributed by atoms with Crippen molar-refractivity contribution in [1.29, 1.82) is 0 Å². The molecular formula is C12H26O. The summed E-state index contributed by atoms with van der Waals surface area (Å²) in [6, 6.07) is 0. The van der Waals surface area contributed by atoms with Crippen molar-refractivity contribution in [3.63, 3.8) is 0 Å². The average molecular weight is 186 g/mol. The number of aliphatic hydroxyl groups is 1. The molecule has 0 amide bonds. The fourth-order valence-corrected chi connectivity index (χ4v) is 1.87. The van der Waals surface area contributed by atoms with Crippen molar-refractivity contribution in [2.24, 2.45) is 11.3 Å². The van der Waals surface area contributed by atoms with Crippen LogP contribution in [0.15, 0.2) is 0 Å². The van der Waals surface area contributed by atoms with E-state index in [1.54, 1.807) is 0 Å². The Morgan fingerprint density at radius 1 is 1.23 bits per heavy atom. The summed E-state index contributed by atoms with van der Waals surface area (Å²) in [5, 5.41) is 9.78. The molecule has 0 aromatic rings. The highest BCUT2D eigenvalue weighted by molar-refractivity contribution is 4.70. The first-order chi connectivity index (χ1) is 5.85. The van der Waals surface area contributed by atoms with Gasteiger partial charge in [0.2, 0.25) is 0 Å². The van der Waals surface area contributed by atoms with Crippen LogP contribution in [-0.2, 0) is 0 Å². The normalized spacial score (nSPS) is 17.1. The number of hydrogen-bond donors (Lipinski definition) is 1. The van der Waals surface area contributed by atoms with Gasteiger partial charge in [-0.1, -0.05) is 47.5 Å². The predicted molar refractivity (Wildman–Crippen MR) is 58.8 cm³/mol. The molecule has 0 saturated carbocycles. The fraction of sp³-hybridized carbons (Fsp3) is 1.00. The van der Waals surface area contributed by atoms with Crippen molar-refractivity contribution in [3.8, 4) is 0 Å². The second kappa shape index (κ2) is 5.64. The zero-order valence-electron chi connectivity index (χ0n) is 9.93. The number of rotatable bonds is 5. The quantitative estimate of drug-likeness (QED) is 0.695. The minimum Gasteiger partial charge on any atom is -0.393 e. The lowest BCUT2D eigenvalue weighted by Gasteiger charge is -2.24. The molecule has 0 rings (SSSR count). The van der Waals surface area contributed by atoms with E-state index in [0.717, 1.165) is 12.8 Å². The summed E-state index contributed by atoms with van der Waals surface area (Å²) in [6.45, 7) is 11.0. The van der Waals surface area contributed by atoms with E-state index in [1.165, 1.54) is 12.8 Å². The number of aliphatic hydroxyl groups excluding tert-OH is 1. The predicted octanol–water partition coefficient (Wildman–Crippen LogP) is 3.61. The molecule has 13 heavy (non-hydrogen) atoms. The molecule has 1 N–H and O–H groups in total. The van der Waals surface area contributed by atoms with Gasteiger partial charge in [0.25, 0.3) is 0 Å². The van der Waals surface area contributed by atoms with Crippen LogP contribution in [-0.4, -0.2) is 11.2 Å². The van der Waals surface area contributed by atoms with Gasteiger partial charge >= 0.3 is 0 Å². The Kier molecular flexibility index (Phi) is 5.62. The average Bonchev–Trinajstić information content (AvgIpc) is 1.81. The third-order valence-corrected chi connectivity index (χ3v) is 2.30. The van der Waals surface area contributed by atoms with Crippen molar-refractivity contribution < 1.29 is 5.11 Å². The van der Waals surface area contributed by atoms with Crippen LogP contribution in [0.25, 0.3) is 0 Å². The lowest BCUT2D eigenvalue weighted by atomic mass is 9.85. The van der Waals surface area contributed by atoms with Crippen LogP contribution in [0.3, 0.4) is 0 Å². The Labute approximate surface area is 83.5 Å². The molecule has 0 aliphatic carbocycles. The van der Waals surface area contributed by atoms with Crippen molar-refractivity contribution in [2.75, 3.05) is 0 Å². The van der Waals surface area contributed by atoms with Gasteiger partial charge in [0.1, 0.15) is 0 Å². The molecule has 0 aliphatic rings. The monoisotopic (exact) mass is 186 g/mol. The summed E-state index contributed by atoms with van der Waals surface area (Å²) in [4.78, 5) is 0. The van der Waals surface area contributed by atoms with Crippen LogP contribution < -0.4 is 0 Å². The molecule has 0 saturated heterocycles. The molecule has 0 heterocycles. The van der Waals surface area contributed by atoms with Gasteiger partial charge in [0.15, 0.2) is 0 Å². The lowest BCUT2D eigenvalue weighted by Crippen LogP contribution is -2.19. The zero-order chi connectivity index (χ0) is 10.5. The van der Waals surface area contributed by atoms with E-state index in [4.69, 9.17) is 0 Å². The highest BCUT2D eigenvalue weighted by Crippen LogP contribution is 2.24. The molecule has 1 nitrogen and oxygen atoms in total. The topological polar surface area (TPSA) is 20.2 Å². The molecule has 0 aromatic carbocycles. The van der Waals surface area contributed by atoms with Gasteiger partial charge in [-0.15, -0.1) is 0 Å². The third kappa shape index (κ3) is 8.29. The summed E-state index contributed by atoms with van der Waals surface area (Å²) in [7, 11) is 0. The number of hydrogen-bond acceptors (Lipinski definition) is 1. The lowest BCUT2D eigenvalue weighted by molar-refractivity contribution is 0.0971. The summed E-state index contributed by atoms with van der Waals surface area (Å²) >= 11 is 0. The van der Waals surface area contributed by atoms with Crippen LogP contribution in [0.5, 0.6) is 0 Å². The third-order valence-electron chi connectivity index (χ3n) is 2.30. The largest absolute Gasteiger partial charge is 0.393 e. The molecule has 0 spiro atoms. The van der Waals surface area contributed by atoms with Gasteiger partial charge in [-0.2, -0.15) is 0 Å². The smallest absolute Gasteiger partial charge is 0.0547 e. The first-order valence-electron chi connectivity index (χ1n) is 5.53. The molecular weight excluding hydrogens is 160 g/mol. The minimum absolute atomic E-state index is 0.110. The maximum atomic E-state index is 9.78. The van der Waals surface area contributed by atoms with Crippen LogP contribution in [0, 0.1) is 11.3 Å². The van der Waals surface area contributed by atoms with E-state index in [-0.39, 0.29) is 11.5 Å². The van der Waals surface area contributed by atoms with Gasteiger partial charge in [-0.05, 0) is 24.2 Å². The molecule has 1 heteroatoms. The van der Waals surface area contributed by atoms with Crippen LogP contribution in [0.2, 0.25) is 0 Å². The molecule has 0 fully saturated rings. The Balaban J connectivity index is 3.67. The fourth-order valence-electron chi connectivity index (χ4n) is 1.87. The Bertz CT molecular complexity index is 124. The maximum Gasteiger partial charge on any atom is 0.0547 e. The zero-order valence-corrected chi connectivity index (χ0v) is 9.93. The van der Waals surface area contributed by atoms with E-state index >= 15 is 0 Å². The van der Waals surface area contributed by atoms with Crippen molar-refractivity contribution in [3.05, 3.63) is 0 Å². The van der Waals surface area contributed by atoms with Crippen molar-refractivity contribution >= 4 is 0 Å². The second-order valence-corrected chi connectivity index (χ2v) is 5.55. The highest BCUT2D eigenvalue weighted by Gasteiger charge is 2.18. The van der Waals surface area contributed by atoms with Gasteiger partial charge < -0.3 is 5.11 Å². The van der Waals surface area contributed by atoms with Gasteiger partial charge in [0, 0.05) is 0 Å². The molecule has 0 bridgehead atoms. The van der Waals surface area contributed by atoms with Gasteiger partial charge in [0.05, 0.1) is 6.10 Å². The highest BCUT2D eigenvalue weighted by atomic mass is 16.3. The first kappa shape index (κ1) is 13.0. The van der Waals surface area contributed by atoms with E-state index < -0.39 is 0 Å². The van der Waals surface area contributed by atoms with E-state index in [0.29, 0.717) is 5.92 Å². The Hall–Kier alpha value is -0.0400. The second-order valence-electron chi connectivity index (χ2n) is 5.55. The van der Waals surface area contributed by atoms with Gasteiger partial charge in [-0.25, -0.2) is 0 Å². The van der Waals surface area contributed by atoms with Crippen molar-refractivity contribution in [1.82, 2.24) is 0 Å². The van der Waals surface area contributed by atoms with Crippen LogP contribution in [0.4, 0.5) is 0 Å². The summed E-state index contributed by atoms with van der Waals surface area (Å²) in [6.07, 6.45) is 4.23. The Morgan fingerprint density at radius 2 is 1.77 bits per heavy atom. The molecule has 2 atom stereocenters. The standard InChI is InChI=1S/C12H26O/c1-6-7-10(2)8-11(13)9-12(3,4)5/h10-11,13H,6-9H2,1-5H3. The van der Waals surface area contributed by atoms with Crippen LogP contribution in [0.1, 0.15) is 60.3 Å². The molecule has 0 aliphatic heterocycles. The van der Waals surface area contributed by atoms with Crippen LogP contribution >= 0.6 is 0 Å². The maximum absolute atomic E-state index is 9.78. The molecule has 0 aromatic heterocycles. The minimum atomic E-state index is -0.110. The molecule has 80 valence electrons. The summed E-state index contributed by atoms with van der Waals surface area (Å²) in [5.41, 5.74) is 0.255. The summed E-state index contributed by atoms with van der Waals surface area (Å²) in [5.74, 6) is 0.669. The molecule has 0 radical (unpaired) electrons. The molecule has 2 unspecified atom stereocenters. The SMILES string of the molecule is CCCC(C)CC(O)CC(C)(C)C. The summed E-state index contributed by atoms with van der Waals surface area (Å²) < 4.78 is 0. The van der Waals surface area contributed by atoms with E-state index in [1.807, 2.05) is 0 Å². The van der Waals surface area contributed by atoms with Crippen molar-refractivity contribution in [2.45, 2.75) is 66.4 Å². The Morgan fingerprint density at radius 3 is 2.15 bits per heavy atom. The van der Waals surface area contributed by atoms with E-state index in [2.05, 4.69) is 34.6 Å². The van der Waals surface area contributed by atoms with Gasteiger partial charge in [-0.3, -0.25) is 0 Å². The van der Waals surface area contributed by atoms with E-state index in [9.17, 15) is 5.11 Å². The first-order valence-corrected chi connectivity index (χ1v) is 5.53.